The highest BCUT2D eigenvalue weighted by atomic mass is 15.1. The van der Waals surface area contributed by atoms with Gasteiger partial charge in [0.1, 0.15) is 0 Å². The van der Waals surface area contributed by atoms with Crippen molar-refractivity contribution in [3.8, 4) is 50.2 Å². The van der Waals surface area contributed by atoms with Crippen LogP contribution in [0.15, 0.2) is 242 Å². The van der Waals surface area contributed by atoms with E-state index in [1.165, 1.54) is 0 Å². The van der Waals surface area contributed by atoms with Crippen molar-refractivity contribution < 1.29 is 52.1 Å². The molecule has 0 aliphatic heterocycles. The maximum absolute atomic E-state index is 9.89. The van der Waals surface area contributed by atoms with Crippen molar-refractivity contribution in [2.24, 2.45) is 0 Å². The number of para-hydroxylation sites is 1. The quantitative estimate of drug-likeness (QED) is 0.149. The van der Waals surface area contributed by atoms with Crippen molar-refractivity contribution in [1.29, 1.82) is 0 Å². The van der Waals surface area contributed by atoms with Crippen LogP contribution in [-0.2, 0) is 0 Å². The SMILES string of the molecule is [2H]c1cc2c([2H])c([2H])c(-n3c4c([2H])c([2H])c([2H])c([2H])c4c4c([2H])c(-c5c([2H])c([2H])c(N(c6c([2H])cc(-c7c([2H])c([2H])c([2H])c([2H])c7[2H])c([2H])c6[2H])c6c([2H])c([2H])c(-c7c([2H])c([2H])c([2H])c([2H])c7-c7c([2H])c([2H])c([2H])c([2H])c7[2H])c([2H])c6[2H])c([2H])c5[2H])c([2H])c([2H])c43)c([2H])c2c([2H])c1[2H]. The molecular weight excluding hydrogens is 725 g/mol. The normalized spacial score (nSPS) is 20.2. The highest BCUT2D eigenvalue weighted by Crippen LogP contribution is 2.40. The standard InChI is InChI=1S/C58H40N2/c1-3-13-41(14-4-1)43-23-31-49(32-24-43)59(51-35-28-46(29-36-51)54-20-10-9-19-53(54)45-16-5-2-6-17-45)50-33-25-44(26-34-50)48-30-38-58-56(40-48)55-21-11-12-22-57(55)60(58)52-37-27-42-15-7-8-18-47(42)39-52/h1-40H/i1D,2D,3D,4D,5D,6D,7D,8D,9D,10D,11D,12D,13D,14D,16D,17D,18D,19D,20D,21D,22D,23D,25D,26D,27D,28D,29D,30D,31D,32D,33D,34D,35D,36D,37D,38D,39D,40D. The van der Waals surface area contributed by atoms with E-state index in [-0.39, 0.29) is 10.3 Å². The van der Waals surface area contributed by atoms with Gasteiger partial charge in [-0.05, 0) is 122 Å². The Bertz CT molecular complexity index is 5450. The highest BCUT2D eigenvalue weighted by Gasteiger charge is 2.17. The highest BCUT2D eigenvalue weighted by molar-refractivity contribution is 6.10. The average Bonchev–Trinajstić information content (AvgIpc) is 1.53. The van der Waals surface area contributed by atoms with E-state index in [0.29, 0.717) is 10.6 Å². The van der Waals surface area contributed by atoms with Crippen LogP contribution in [-0.4, -0.2) is 4.57 Å². The number of fused-ring (bicyclic) bond motifs is 4. The predicted octanol–water partition coefficient (Wildman–Crippen LogP) is 16.1. The molecule has 0 fully saturated rings. The third-order valence-electron chi connectivity index (χ3n) is 8.96. The lowest BCUT2D eigenvalue weighted by Gasteiger charge is -2.26. The van der Waals surface area contributed by atoms with Crippen LogP contribution < -0.4 is 4.90 Å². The number of anilines is 3. The van der Waals surface area contributed by atoms with Gasteiger partial charge in [-0.1, -0.05) is 175 Å². The molecule has 2 nitrogen and oxygen atoms in total. The van der Waals surface area contributed by atoms with Crippen LogP contribution in [0.3, 0.4) is 0 Å². The van der Waals surface area contributed by atoms with Crippen LogP contribution in [0.25, 0.3) is 82.8 Å². The van der Waals surface area contributed by atoms with Crippen LogP contribution >= 0.6 is 0 Å². The van der Waals surface area contributed by atoms with E-state index < -0.39 is 324 Å². The molecular formula is C58H40N2. The Kier molecular flexibility index (Phi) is 3.41. The molecule has 0 amide bonds. The maximum Gasteiger partial charge on any atom is 0.0651 e. The molecule has 11 rings (SSSR count). The summed E-state index contributed by atoms with van der Waals surface area (Å²) in [5.41, 5.74) is -13.2. The molecule has 0 bridgehead atoms. The lowest BCUT2D eigenvalue weighted by molar-refractivity contribution is 1.19. The number of benzene rings is 10. The Labute approximate surface area is 403 Å². The monoisotopic (exact) mass is 803 g/mol. The molecule has 1 heterocycles. The second-order valence-corrected chi connectivity index (χ2v) is 12.4. The van der Waals surface area contributed by atoms with Crippen LogP contribution in [0.1, 0.15) is 52.1 Å². The second kappa shape index (κ2) is 15.1. The first-order chi connectivity index (χ1) is 45.6. The zero-order chi connectivity index (χ0) is 72.9. The summed E-state index contributed by atoms with van der Waals surface area (Å²) in [6.07, 6.45) is 0. The summed E-state index contributed by atoms with van der Waals surface area (Å²) in [6, 6.07) is -38.5. The fourth-order valence-electron chi connectivity index (χ4n) is 6.26. The summed E-state index contributed by atoms with van der Waals surface area (Å²) in [5.74, 6) is 0. The minimum absolute atomic E-state index is 0.282. The molecule has 1 aromatic heterocycles. The Balaban J connectivity index is 1.27. The van der Waals surface area contributed by atoms with E-state index in [1.807, 2.05) is 0 Å². The molecule has 2 heteroatoms. The minimum atomic E-state index is -1.38. The van der Waals surface area contributed by atoms with Gasteiger partial charge in [-0.3, -0.25) is 0 Å². The lowest BCUT2D eigenvalue weighted by Crippen LogP contribution is -2.09. The number of rotatable bonds is 8. The van der Waals surface area contributed by atoms with E-state index in [2.05, 4.69) is 0 Å². The van der Waals surface area contributed by atoms with E-state index in [1.54, 1.807) is 0 Å². The first kappa shape index (κ1) is 13.6. The molecule has 0 saturated heterocycles. The van der Waals surface area contributed by atoms with Crippen molar-refractivity contribution >= 4 is 49.6 Å². The van der Waals surface area contributed by atoms with Gasteiger partial charge >= 0.3 is 0 Å². The lowest BCUT2D eigenvalue weighted by atomic mass is 9.94. The van der Waals surface area contributed by atoms with Gasteiger partial charge in [0.05, 0.1) is 63.1 Å². The average molecular weight is 803 g/mol. The van der Waals surface area contributed by atoms with Gasteiger partial charge in [-0.15, -0.1) is 0 Å². The molecule has 60 heavy (non-hydrogen) atoms. The second-order valence-electron chi connectivity index (χ2n) is 12.4. The van der Waals surface area contributed by atoms with E-state index >= 15 is 0 Å². The largest absolute Gasteiger partial charge is 0.311 e. The zero-order valence-corrected chi connectivity index (χ0v) is 30.0. The smallest absolute Gasteiger partial charge is 0.0651 e. The fraction of sp³-hybridized carbons (Fsp3) is 0. The summed E-state index contributed by atoms with van der Waals surface area (Å²) < 4.78 is 345. The van der Waals surface area contributed by atoms with Crippen LogP contribution in [0.2, 0.25) is 0 Å². The van der Waals surface area contributed by atoms with Crippen molar-refractivity contribution in [2.75, 3.05) is 4.90 Å². The molecule has 10 aromatic carbocycles. The third-order valence-corrected chi connectivity index (χ3v) is 8.96. The van der Waals surface area contributed by atoms with Crippen LogP contribution in [0.4, 0.5) is 17.1 Å². The molecule has 0 spiro atoms. The van der Waals surface area contributed by atoms with E-state index in [0.717, 1.165) is 6.07 Å². The molecule has 0 radical (unpaired) electrons. The zero-order valence-electron chi connectivity index (χ0n) is 68.0. The van der Waals surface area contributed by atoms with Crippen molar-refractivity contribution in [1.82, 2.24) is 4.57 Å². The van der Waals surface area contributed by atoms with Gasteiger partial charge in [0.25, 0.3) is 0 Å². The van der Waals surface area contributed by atoms with Gasteiger partial charge in [0, 0.05) is 33.5 Å². The summed E-state index contributed by atoms with van der Waals surface area (Å²) in [4.78, 5) is 0.282. The number of hydrogen-bond acceptors (Lipinski definition) is 1. The molecule has 0 N–H and O–H groups in total. The maximum atomic E-state index is 9.89. The fourth-order valence-corrected chi connectivity index (χ4v) is 6.26. The van der Waals surface area contributed by atoms with Gasteiger partial charge in [0.2, 0.25) is 0 Å². The molecule has 0 atom stereocenters. The molecule has 282 valence electrons. The van der Waals surface area contributed by atoms with Gasteiger partial charge < -0.3 is 9.47 Å². The molecule has 0 unspecified atom stereocenters. The first-order valence-electron chi connectivity index (χ1n) is 36.5. The van der Waals surface area contributed by atoms with Crippen molar-refractivity contribution in [3.63, 3.8) is 0 Å². The number of hydrogen-bond donors (Lipinski definition) is 0. The van der Waals surface area contributed by atoms with Crippen molar-refractivity contribution in [3.05, 3.63) is 242 Å². The van der Waals surface area contributed by atoms with Gasteiger partial charge in [-0.2, -0.15) is 0 Å². The Hall–Kier alpha value is -7.94. The Morgan fingerprint density at radius 3 is 1.58 bits per heavy atom. The van der Waals surface area contributed by atoms with E-state index in [4.69, 9.17) is 27.4 Å². The topological polar surface area (TPSA) is 8.17 Å². The minimum Gasteiger partial charge on any atom is -0.311 e. The van der Waals surface area contributed by atoms with E-state index in [9.17, 15) is 24.7 Å². The number of aromatic nitrogens is 1. The van der Waals surface area contributed by atoms with Crippen molar-refractivity contribution in [2.45, 2.75) is 0 Å². The van der Waals surface area contributed by atoms with Gasteiger partial charge in [0.15, 0.2) is 0 Å². The Morgan fingerprint density at radius 1 is 0.317 bits per heavy atom. The summed E-state index contributed by atoms with van der Waals surface area (Å²) >= 11 is 0. The first-order valence-corrected chi connectivity index (χ1v) is 17.5. The van der Waals surface area contributed by atoms with Crippen LogP contribution in [0.5, 0.6) is 0 Å². The third kappa shape index (κ3) is 6.41. The molecule has 11 aromatic rings. The summed E-state index contributed by atoms with van der Waals surface area (Å²) in [5, 5.41) is -2.20. The van der Waals surface area contributed by atoms with Gasteiger partial charge in [-0.25, -0.2) is 0 Å². The predicted molar refractivity (Wildman–Crippen MR) is 255 cm³/mol. The molecule has 0 aliphatic carbocycles. The molecule has 0 saturated carbocycles. The summed E-state index contributed by atoms with van der Waals surface area (Å²) in [7, 11) is 0. The number of nitrogens with zero attached hydrogens (tertiary/aromatic N) is 2. The Morgan fingerprint density at radius 2 is 0.850 bits per heavy atom. The van der Waals surface area contributed by atoms with Crippen LogP contribution in [0, 0.1) is 0 Å². The summed E-state index contributed by atoms with van der Waals surface area (Å²) in [6.45, 7) is 0. The molecule has 0 aliphatic rings.